The van der Waals surface area contributed by atoms with Crippen LogP contribution in [-0.4, -0.2) is 16.4 Å². The van der Waals surface area contributed by atoms with Gasteiger partial charge in [-0.1, -0.05) is 19.8 Å². The molecule has 0 saturated carbocycles. The predicted molar refractivity (Wildman–Crippen MR) is 90.5 cm³/mol. The summed E-state index contributed by atoms with van der Waals surface area (Å²) < 4.78 is 32.2. The number of nitrogens with zero attached hydrogens (tertiary/aromatic N) is 1. The van der Waals surface area contributed by atoms with Gasteiger partial charge in [0.25, 0.3) is 0 Å². The SMILES string of the molecule is C#CC(CC)(CC)NC(=O)CCc1ncc(-c2ccc(F)cc2F)o1. The summed E-state index contributed by atoms with van der Waals surface area (Å²) in [5.74, 6) is 1.53. The molecule has 0 aliphatic heterocycles. The Balaban J connectivity index is 2.00. The van der Waals surface area contributed by atoms with Gasteiger partial charge in [0.05, 0.1) is 11.8 Å². The number of carbonyl (C=O) groups excluding carboxylic acids is 1. The van der Waals surface area contributed by atoms with Crippen LogP contribution in [0, 0.1) is 24.0 Å². The van der Waals surface area contributed by atoms with E-state index in [9.17, 15) is 13.6 Å². The Labute approximate surface area is 145 Å². The lowest BCUT2D eigenvalue weighted by atomic mass is 9.93. The molecule has 0 bridgehead atoms. The summed E-state index contributed by atoms with van der Waals surface area (Å²) in [6.45, 7) is 3.84. The highest BCUT2D eigenvalue weighted by Gasteiger charge is 2.25. The van der Waals surface area contributed by atoms with Crippen LogP contribution in [0.15, 0.2) is 28.8 Å². The third-order valence-corrected chi connectivity index (χ3v) is 4.18. The van der Waals surface area contributed by atoms with Crippen molar-refractivity contribution >= 4 is 5.91 Å². The van der Waals surface area contributed by atoms with E-state index in [2.05, 4.69) is 16.2 Å². The smallest absolute Gasteiger partial charge is 0.221 e. The molecule has 0 radical (unpaired) electrons. The van der Waals surface area contributed by atoms with E-state index in [1.165, 1.54) is 12.3 Å². The summed E-state index contributed by atoms with van der Waals surface area (Å²) in [5.41, 5.74) is -0.524. The Morgan fingerprint density at radius 3 is 2.68 bits per heavy atom. The molecule has 0 fully saturated rings. The van der Waals surface area contributed by atoms with Gasteiger partial charge in [0.15, 0.2) is 11.7 Å². The summed E-state index contributed by atoms with van der Waals surface area (Å²) in [6, 6.07) is 3.20. The van der Waals surface area contributed by atoms with Gasteiger partial charge in [0.1, 0.15) is 17.2 Å². The van der Waals surface area contributed by atoms with Crippen molar-refractivity contribution in [2.75, 3.05) is 0 Å². The van der Waals surface area contributed by atoms with Crippen LogP contribution in [0.1, 0.15) is 39.0 Å². The molecule has 0 aliphatic carbocycles. The maximum atomic E-state index is 13.8. The molecule has 0 unspecified atom stereocenters. The summed E-state index contributed by atoms with van der Waals surface area (Å²) in [7, 11) is 0. The van der Waals surface area contributed by atoms with Crippen LogP contribution < -0.4 is 5.32 Å². The topological polar surface area (TPSA) is 55.1 Å². The van der Waals surface area contributed by atoms with Crippen LogP contribution >= 0.6 is 0 Å². The fraction of sp³-hybridized carbons (Fsp3) is 0.368. The predicted octanol–water partition coefficient (Wildman–Crippen LogP) is 3.86. The van der Waals surface area contributed by atoms with Gasteiger partial charge in [-0.25, -0.2) is 13.8 Å². The number of carbonyl (C=O) groups is 1. The van der Waals surface area contributed by atoms with E-state index in [1.54, 1.807) is 0 Å². The van der Waals surface area contributed by atoms with Gasteiger partial charge < -0.3 is 9.73 Å². The minimum Gasteiger partial charge on any atom is -0.441 e. The molecule has 0 aliphatic rings. The van der Waals surface area contributed by atoms with Crippen LogP contribution in [0.2, 0.25) is 0 Å². The molecule has 1 aromatic carbocycles. The quantitative estimate of drug-likeness (QED) is 0.775. The van der Waals surface area contributed by atoms with Crippen molar-refractivity contribution in [1.29, 1.82) is 0 Å². The normalized spacial score (nSPS) is 11.2. The Kier molecular flexibility index (Phi) is 5.92. The van der Waals surface area contributed by atoms with E-state index in [4.69, 9.17) is 10.8 Å². The molecule has 1 amide bonds. The number of aromatic nitrogens is 1. The number of rotatable bonds is 7. The van der Waals surface area contributed by atoms with Crippen molar-refractivity contribution in [2.45, 2.75) is 45.1 Å². The van der Waals surface area contributed by atoms with Crippen LogP contribution in [0.3, 0.4) is 0 Å². The molecular formula is C19H20F2N2O2. The molecule has 0 saturated heterocycles. The summed E-state index contributed by atoms with van der Waals surface area (Å²) in [4.78, 5) is 16.1. The summed E-state index contributed by atoms with van der Waals surface area (Å²) >= 11 is 0. The molecular weight excluding hydrogens is 326 g/mol. The molecule has 1 aromatic heterocycles. The zero-order chi connectivity index (χ0) is 18.4. The Bertz CT molecular complexity index is 789. The number of hydrogen-bond donors (Lipinski definition) is 1. The van der Waals surface area contributed by atoms with Gasteiger partial charge in [-0.15, -0.1) is 6.42 Å². The number of nitrogens with one attached hydrogen (secondary N) is 1. The lowest BCUT2D eigenvalue weighted by Gasteiger charge is -2.26. The van der Waals surface area contributed by atoms with E-state index in [1.807, 2.05) is 13.8 Å². The van der Waals surface area contributed by atoms with Crippen molar-refractivity contribution in [2.24, 2.45) is 0 Å². The number of oxazole rings is 1. The number of aryl methyl sites for hydroxylation is 1. The second-order valence-electron chi connectivity index (χ2n) is 5.72. The highest BCUT2D eigenvalue weighted by atomic mass is 19.1. The van der Waals surface area contributed by atoms with Crippen LogP contribution in [0.25, 0.3) is 11.3 Å². The van der Waals surface area contributed by atoms with Crippen LogP contribution in [-0.2, 0) is 11.2 Å². The van der Waals surface area contributed by atoms with Gasteiger partial charge in [0, 0.05) is 18.9 Å². The monoisotopic (exact) mass is 346 g/mol. The Hall–Kier alpha value is -2.68. The van der Waals surface area contributed by atoms with E-state index in [-0.39, 0.29) is 30.1 Å². The van der Waals surface area contributed by atoms with E-state index < -0.39 is 17.2 Å². The first-order valence-electron chi connectivity index (χ1n) is 8.12. The molecule has 0 atom stereocenters. The molecule has 4 nitrogen and oxygen atoms in total. The van der Waals surface area contributed by atoms with Gasteiger partial charge in [-0.05, 0) is 25.0 Å². The molecule has 2 aromatic rings. The number of benzene rings is 1. The Morgan fingerprint density at radius 2 is 2.08 bits per heavy atom. The first-order chi connectivity index (χ1) is 11.9. The second-order valence-corrected chi connectivity index (χ2v) is 5.72. The third-order valence-electron chi connectivity index (χ3n) is 4.18. The Morgan fingerprint density at radius 1 is 1.36 bits per heavy atom. The second kappa shape index (κ2) is 7.93. The van der Waals surface area contributed by atoms with Gasteiger partial charge in [-0.3, -0.25) is 4.79 Å². The van der Waals surface area contributed by atoms with Crippen molar-refractivity contribution in [3.05, 3.63) is 41.9 Å². The van der Waals surface area contributed by atoms with Crippen LogP contribution in [0.4, 0.5) is 8.78 Å². The average Bonchev–Trinajstić information content (AvgIpc) is 3.07. The van der Waals surface area contributed by atoms with E-state index in [0.717, 1.165) is 12.1 Å². The van der Waals surface area contributed by atoms with Crippen LogP contribution in [0.5, 0.6) is 0 Å². The number of terminal acetylenes is 1. The molecule has 6 heteroatoms. The lowest BCUT2D eigenvalue weighted by Crippen LogP contribution is -2.46. The number of hydrogen-bond acceptors (Lipinski definition) is 3. The first-order valence-corrected chi connectivity index (χ1v) is 8.12. The first kappa shape index (κ1) is 18.7. The molecule has 1 N–H and O–H groups in total. The van der Waals surface area contributed by atoms with Crippen molar-refractivity contribution in [3.63, 3.8) is 0 Å². The highest BCUT2D eigenvalue weighted by molar-refractivity contribution is 5.77. The maximum Gasteiger partial charge on any atom is 0.221 e. The molecule has 2 rings (SSSR count). The van der Waals surface area contributed by atoms with Gasteiger partial charge >= 0.3 is 0 Å². The molecule has 0 spiro atoms. The fourth-order valence-corrected chi connectivity index (χ4v) is 2.46. The van der Waals surface area contributed by atoms with Crippen molar-refractivity contribution in [3.8, 4) is 23.7 Å². The lowest BCUT2D eigenvalue weighted by molar-refractivity contribution is -0.122. The summed E-state index contributed by atoms with van der Waals surface area (Å²) in [6.07, 6.45) is 8.55. The molecule has 132 valence electrons. The standard InChI is InChI=1S/C19H20F2N2O2/c1-4-19(5-2,6-3)23-17(24)9-10-18-22-12-16(25-18)14-8-7-13(20)11-15(14)21/h1,7-8,11-12H,5-6,9-10H2,2-3H3,(H,23,24). The van der Waals surface area contributed by atoms with Gasteiger partial charge in [-0.2, -0.15) is 0 Å². The zero-order valence-electron chi connectivity index (χ0n) is 14.2. The van der Waals surface area contributed by atoms with Gasteiger partial charge in [0.2, 0.25) is 5.91 Å². The van der Waals surface area contributed by atoms with Crippen molar-refractivity contribution < 1.29 is 18.0 Å². The minimum atomic E-state index is -0.731. The highest BCUT2D eigenvalue weighted by Crippen LogP contribution is 2.24. The average molecular weight is 346 g/mol. The fourth-order valence-electron chi connectivity index (χ4n) is 2.46. The van der Waals surface area contributed by atoms with E-state index >= 15 is 0 Å². The minimum absolute atomic E-state index is 0.118. The van der Waals surface area contributed by atoms with Crippen molar-refractivity contribution in [1.82, 2.24) is 10.3 Å². The third kappa shape index (κ3) is 4.44. The molecule has 1 heterocycles. The summed E-state index contributed by atoms with van der Waals surface area (Å²) in [5, 5.41) is 2.86. The number of halogens is 2. The van der Waals surface area contributed by atoms with E-state index in [0.29, 0.717) is 18.7 Å². The number of amides is 1. The zero-order valence-corrected chi connectivity index (χ0v) is 14.2. The molecule has 25 heavy (non-hydrogen) atoms. The largest absolute Gasteiger partial charge is 0.441 e. The maximum absolute atomic E-state index is 13.8.